The highest BCUT2D eigenvalue weighted by atomic mass is 35.5. The van der Waals surface area contributed by atoms with E-state index in [1.807, 2.05) is 0 Å². The molecule has 0 bridgehead atoms. The van der Waals surface area contributed by atoms with Crippen molar-refractivity contribution in [2.24, 2.45) is 5.73 Å². The van der Waals surface area contributed by atoms with Crippen LogP contribution in [-0.2, 0) is 22.3 Å². The van der Waals surface area contributed by atoms with Crippen molar-refractivity contribution in [2.45, 2.75) is 44.9 Å². The molecule has 1 fully saturated rings. The number of amides is 1. The monoisotopic (exact) mass is 432 g/mol. The fourth-order valence-electron chi connectivity index (χ4n) is 3.32. The molecule has 2 heterocycles. The Balaban J connectivity index is 0.00000300. The van der Waals surface area contributed by atoms with Crippen LogP contribution in [0.2, 0.25) is 0 Å². The summed E-state index contributed by atoms with van der Waals surface area (Å²) < 4.78 is 47.5. The molecule has 0 spiro atoms. The van der Waals surface area contributed by atoms with E-state index in [-0.39, 0.29) is 24.5 Å². The minimum atomic E-state index is -4.56. The predicted octanol–water partition coefficient (Wildman–Crippen LogP) is 3.05. The lowest BCUT2D eigenvalue weighted by atomic mass is 9.90. The summed E-state index contributed by atoms with van der Waals surface area (Å²) in [4.78, 5) is 12.4. The fourth-order valence-corrected chi connectivity index (χ4v) is 3.32. The van der Waals surface area contributed by atoms with Crippen molar-refractivity contribution in [3.8, 4) is 5.69 Å². The summed E-state index contributed by atoms with van der Waals surface area (Å²) in [6.45, 7) is 4.00. The Morgan fingerprint density at radius 2 is 1.93 bits per heavy atom. The van der Waals surface area contributed by atoms with E-state index in [0.717, 1.165) is 11.8 Å². The minimum Gasteiger partial charge on any atom is -0.381 e. The van der Waals surface area contributed by atoms with Crippen LogP contribution < -0.4 is 11.1 Å². The molecule has 1 aromatic heterocycles. The van der Waals surface area contributed by atoms with Crippen molar-refractivity contribution in [3.63, 3.8) is 0 Å². The first kappa shape index (κ1) is 23.2. The molecule has 3 rings (SSSR count). The second-order valence-electron chi connectivity index (χ2n) is 7.13. The van der Waals surface area contributed by atoms with Crippen molar-refractivity contribution < 1.29 is 22.7 Å². The van der Waals surface area contributed by atoms with Gasteiger partial charge in [0.05, 0.1) is 22.5 Å². The highest BCUT2D eigenvalue weighted by molar-refractivity contribution is 5.86. The van der Waals surface area contributed by atoms with E-state index in [0.29, 0.717) is 37.4 Å². The van der Waals surface area contributed by atoms with Crippen LogP contribution in [0.25, 0.3) is 5.69 Å². The lowest BCUT2D eigenvalue weighted by molar-refractivity contribution is -0.138. The number of nitrogens with two attached hydrogens (primary N) is 1. The van der Waals surface area contributed by atoms with Crippen molar-refractivity contribution in [1.29, 1.82) is 0 Å². The number of ether oxygens (including phenoxy) is 1. The molecular weight excluding hydrogens is 409 g/mol. The van der Waals surface area contributed by atoms with Crippen molar-refractivity contribution in [2.75, 3.05) is 13.2 Å². The van der Waals surface area contributed by atoms with Crippen LogP contribution in [0.5, 0.6) is 0 Å². The number of benzene rings is 1. The zero-order valence-electron chi connectivity index (χ0n) is 16.2. The average Bonchev–Trinajstić information content (AvgIpc) is 2.97. The summed E-state index contributed by atoms with van der Waals surface area (Å²) in [6, 6.07) is 5.76. The zero-order valence-corrected chi connectivity index (χ0v) is 17.0. The van der Waals surface area contributed by atoms with Crippen LogP contribution >= 0.6 is 12.4 Å². The fraction of sp³-hybridized carbons (Fsp3) is 0.474. The molecule has 1 aliphatic heterocycles. The number of aromatic nitrogens is 2. The normalized spacial score (nSPS) is 16.2. The second kappa shape index (κ2) is 8.73. The average molecular weight is 433 g/mol. The van der Waals surface area contributed by atoms with Gasteiger partial charge >= 0.3 is 6.18 Å². The van der Waals surface area contributed by atoms with Crippen LogP contribution in [0.15, 0.2) is 24.3 Å². The van der Waals surface area contributed by atoms with Gasteiger partial charge in [0.25, 0.3) is 0 Å². The standard InChI is InChI=1S/C19H23F3N4O2.ClH/c1-12-9-13(2)26(25-12)15-4-3-14(16(10-15)19(20,21)22)11-24-17(27)18(23)5-7-28-8-6-18;/h3-4,9-10H,5-8,11,23H2,1-2H3,(H,24,27);1H. The molecule has 6 nitrogen and oxygen atoms in total. The number of alkyl halides is 3. The van der Waals surface area contributed by atoms with Gasteiger partial charge in [0, 0.05) is 25.5 Å². The van der Waals surface area contributed by atoms with Gasteiger partial charge in [0.15, 0.2) is 0 Å². The number of nitrogens with zero attached hydrogens (tertiary/aromatic N) is 2. The quantitative estimate of drug-likeness (QED) is 0.778. The first-order chi connectivity index (χ1) is 13.1. The topological polar surface area (TPSA) is 82.2 Å². The zero-order chi connectivity index (χ0) is 20.5. The van der Waals surface area contributed by atoms with Gasteiger partial charge in [0.2, 0.25) is 5.91 Å². The van der Waals surface area contributed by atoms with Crippen molar-refractivity contribution in [1.82, 2.24) is 15.1 Å². The Morgan fingerprint density at radius 1 is 1.28 bits per heavy atom. The summed E-state index contributed by atoms with van der Waals surface area (Å²) in [5.41, 5.74) is 5.90. The highest BCUT2D eigenvalue weighted by Gasteiger charge is 2.37. The molecule has 0 radical (unpaired) electrons. The third-order valence-electron chi connectivity index (χ3n) is 4.93. The lowest BCUT2D eigenvalue weighted by Gasteiger charge is -2.31. The van der Waals surface area contributed by atoms with Gasteiger partial charge in [-0.2, -0.15) is 18.3 Å². The van der Waals surface area contributed by atoms with E-state index in [1.54, 1.807) is 26.0 Å². The van der Waals surface area contributed by atoms with Gasteiger partial charge in [-0.3, -0.25) is 4.79 Å². The third kappa shape index (κ3) is 5.09. The van der Waals surface area contributed by atoms with Gasteiger partial charge < -0.3 is 15.8 Å². The maximum Gasteiger partial charge on any atom is 0.416 e. The maximum absolute atomic E-state index is 13.6. The molecule has 160 valence electrons. The summed E-state index contributed by atoms with van der Waals surface area (Å²) in [7, 11) is 0. The third-order valence-corrected chi connectivity index (χ3v) is 4.93. The smallest absolute Gasteiger partial charge is 0.381 e. The van der Waals surface area contributed by atoms with Gasteiger partial charge in [-0.25, -0.2) is 4.68 Å². The molecule has 1 saturated heterocycles. The molecule has 0 atom stereocenters. The number of hydrogen-bond donors (Lipinski definition) is 2. The Hall–Kier alpha value is -2.10. The van der Waals surface area contributed by atoms with E-state index < -0.39 is 23.2 Å². The van der Waals surface area contributed by atoms with E-state index >= 15 is 0 Å². The number of carbonyl (C=O) groups excluding carboxylic acids is 1. The summed E-state index contributed by atoms with van der Waals surface area (Å²) >= 11 is 0. The molecule has 0 unspecified atom stereocenters. The Labute approximate surface area is 173 Å². The molecule has 1 amide bonds. The van der Waals surface area contributed by atoms with Crippen LogP contribution in [0, 0.1) is 13.8 Å². The van der Waals surface area contributed by atoms with E-state index in [1.165, 1.54) is 10.7 Å². The number of aryl methyl sites for hydroxylation is 2. The lowest BCUT2D eigenvalue weighted by Crippen LogP contribution is -2.56. The van der Waals surface area contributed by atoms with Crippen LogP contribution in [0.1, 0.15) is 35.4 Å². The number of carbonyl (C=O) groups is 1. The largest absolute Gasteiger partial charge is 0.416 e. The van der Waals surface area contributed by atoms with Crippen molar-refractivity contribution >= 4 is 18.3 Å². The molecule has 29 heavy (non-hydrogen) atoms. The van der Waals surface area contributed by atoms with E-state index in [4.69, 9.17) is 10.5 Å². The number of halogens is 4. The number of rotatable bonds is 4. The maximum atomic E-state index is 13.6. The second-order valence-corrected chi connectivity index (χ2v) is 7.13. The Bertz CT molecular complexity index is 877. The van der Waals surface area contributed by atoms with Crippen molar-refractivity contribution in [3.05, 3.63) is 46.8 Å². The molecule has 0 aliphatic carbocycles. The summed E-state index contributed by atoms with van der Waals surface area (Å²) in [6.07, 6.45) is -3.89. The summed E-state index contributed by atoms with van der Waals surface area (Å²) in [5.74, 6) is -0.466. The van der Waals surface area contributed by atoms with E-state index in [2.05, 4.69) is 10.4 Å². The molecule has 0 saturated carbocycles. The number of hydrogen-bond acceptors (Lipinski definition) is 4. The molecule has 10 heteroatoms. The van der Waals surface area contributed by atoms with Gasteiger partial charge in [0.1, 0.15) is 0 Å². The molecular formula is C19H24ClF3N4O2. The number of nitrogens with one attached hydrogen (secondary N) is 1. The molecule has 2 aromatic rings. The Morgan fingerprint density at radius 3 is 2.48 bits per heavy atom. The minimum absolute atomic E-state index is 0. The SMILES string of the molecule is Cc1cc(C)n(-c2ccc(CNC(=O)C3(N)CCOCC3)c(C(F)(F)F)c2)n1.Cl. The predicted molar refractivity (Wildman–Crippen MR) is 104 cm³/mol. The van der Waals surface area contributed by atoms with Crippen LogP contribution in [-0.4, -0.2) is 34.4 Å². The molecule has 1 aromatic carbocycles. The Kier molecular flexibility index (Phi) is 6.97. The first-order valence-electron chi connectivity index (χ1n) is 8.99. The van der Waals surface area contributed by atoms with E-state index in [9.17, 15) is 18.0 Å². The molecule has 1 aliphatic rings. The van der Waals surface area contributed by atoms with Gasteiger partial charge in [-0.1, -0.05) is 6.07 Å². The van der Waals surface area contributed by atoms with Crippen LogP contribution in [0.3, 0.4) is 0 Å². The molecule has 3 N–H and O–H groups in total. The van der Waals surface area contributed by atoms with Crippen LogP contribution in [0.4, 0.5) is 13.2 Å². The highest BCUT2D eigenvalue weighted by Crippen LogP contribution is 2.34. The first-order valence-corrected chi connectivity index (χ1v) is 8.99. The van der Waals surface area contributed by atoms with Gasteiger partial charge in [-0.15, -0.1) is 12.4 Å². The summed E-state index contributed by atoms with van der Waals surface area (Å²) in [5, 5.41) is 6.78. The van der Waals surface area contributed by atoms with Gasteiger partial charge in [-0.05, 0) is 50.5 Å².